The highest BCUT2D eigenvalue weighted by Gasteiger charge is 2.05. The van der Waals surface area contributed by atoms with Gasteiger partial charge in [0, 0.05) is 6.20 Å². The number of nitrogens with one attached hydrogen (secondary N) is 1. The van der Waals surface area contributed by atoms with Gasteiger partial charge in [-0.15, -0.1) is 0 Å². The highest BCUT2D eigenvalue weighted by Crippen LogP contribution is 2.02. The van der Waals surface area contributed by atoms with Gasteiger partial charge in [0.1, 0.15) is 0 Å². The van der Waals surface area contributed by atoms with E-state index in [1.807, 2.05) is 0 Å². The van der Waals surface area contributed by atoms with Crippen molar-refractivity contribution in [2.45, 2.75) is 6.92 Å². The SMILES string of the molecule is [2H]c1n[nH]cc1C(=O)C(=C)C. The summed E-state index contributed by atoms with van der Waals surface area (Å²) in [6.45, 7) is 5.08. The lowest BCUT2D eigenvalue weighted by Gasteiger charge is -1.90. The van der Waals surface area contributed by atoms with E-state index in [1.165, 1.54) is 6.20 Å². The summed E-state index contributed by atoms with van der Waals surface area (Å²) in [4.78, 5) is 11.1. The molecule has 1 aromatic rings. The number of rotatable bonds is 2. The maximum absolute atomic E-state index is 11.1. The molecule has 0 spiro atoms. The lowest BCUT2D eigenvalue weighted by atomic mass is 10.1. The monoisotopic (exact) mass is 137 g/mol. The number of allylic oxidation sites excluding steroid dienone is 1. The fourth-order valence-corrected chi connectivity index (χ4v) is 0.568. The molecular formula is C7H8N2O. The number of hydrogen-bond donors (Lipinski definition) is 1. The Bertz CT molecular complexity index is 303. The molecule has 1 heterocycles. The van der Waals surface area contributed by atoms with E-state index < -0.39 is 0 Å². The van der Waals surface area contributed by atoms with Crippen molar-refractivity contribution >= 4 is 5.78 Å². The van der Waals surface area contributed by atoms with Crippen LogP contribution in [0.15, 0.2) is 24.5 Å². The average molecular weight is 137 g/mol. The van der Waals surface area contributed by atoms with Gasteiger partial charge in [-0.05, 0) is 12.5 Å². The quantitative estimate of drug-likeness (QED) is 0.491. The first kappa shape index (κ1) is 5.41. The molecule has 1 N–H and O–H groups in total. The number of carbonyl (C=O) groups is 1. The van der Waals surface area contributed by atoms with E-state index in [9.17, 15) is 4.79 Å². The van der Waals surface area contributed by atoms with E-state index in [2.05, 4.69) is 16.8 Å². The Morgan fingerprint density at radius 3 is 3.10 bits per heavy atom. The fourth-order valence-electron chi connectivity index (χ4n) is 0.568. The van der Waals surface area contributed by atoms with Crippen LogP contribution in [0, 0.1) is 0 Å². The molecule has 3 heteroatoms. The van der Waals surface area contributed by atoms with Crippen LogP contribution in [0.2, 0.25) is 0 Å². The van der Waals surface area contributed by atoms with Crippen molar-refractivity contribution in [3.05, 3.63) is 30.1 Å². The molecule has 0 aliphatic rings. The van der Waals surface area contributed by atoms with Gasteiger partial charge in [0.2, 0.25) is 0 Å². The second kappa shape index (κ2) is 2.47. The molecule has 0 bridgehead atoms. The van der Waals surface area contributed by atoms with Gasteiger partial charge >= 0.3 is 0 Å². The van der Waals surface area contributed by atoms with Crippen LogP contribution in [0.1, 0.15) is 18.7 Å². The average Bonchev–Trinajstić information content (AvgIpc) is 2.33. The number of ketones is 1. The standard InChI is InChI=1S/C7H8N2O/c1-5(2)7(10)6-3-8-9-4-6/h3-4H,1H2,2H3,(H,8,9)/i3D. The first-order valence-corrected chi connectivity index (χ1v) is 2.83. The van der Waals surface area contributed by atoms with E-state index in [0.717, 1.165) is 0 Å². The molecule has 3 nitrogen and oxygen atoms in total. The molecule has 0 unspecified atom stereocenters. The number of carbonyl (C=O) groups excluding carboxylic acids is 1. The van der Waals surface area contributed by atoms with Gasteiger partial charge in [-0.1, -0.05) is 6.58 Å². The molecule has 1 rings (SSSR count). The van der Waals surface area contributed by atoms with Crippen molar-refractivity contribution in [2.24, 2.45) is 0 Å². The highest BCUT2D eigenvalue weighted by molar-refractivity contribution is 6.07. The van der Waals surface area contributed by atoms with Crippen LogP contribution in [-0.2, 0) is 0 Å². The molecule has 0 amide bonds. The summed E-state index contributed by atoms with van der Waals surface area (Å²) in [7, 11) is 0. The number of aromatic nitrogens is 2. The lowest BCUT2D eigenvalue weighted by molar-refractivity contribution is 0.103. The summed E-state index contributed by atoms with van der Waals surface area (Å²) < 4.78 is 7.17. The maximum atomic E-state index is 11.1. The van der Waals surface area contributed by atoms with Crippen molar-refractivity contribution in [1.82, 2.24) is 10.2 Å². The molecule has 0 aromatic carbocycles. The summed E-state index contributed by atoms with van der Waals surface area (Å²) in [5.41, 5.74) is 0.692. The van der Waals surface area contributed by atoms with Gasteiger partial charge in [0.15, 0.2) is 5.78 Å². The summed E-state index contributed by atoms with van der Waals surface area (Å²) >= 11 is 0. The number of H-pyrrole nitrogens is 1. The first-order valence-electron chi connectivity index (χ1n) is 3.33. The fraction of sp³-hybridized carbons (Fsp3) is 0.143. The van der Waals surface area contributed by atoms with Gasteiger partial charge in [-0.2, -0.15) is 5.10 Å². The number of aromatic amines is 1. The summed E-state index contributed by atoms with van der Waals surface area (Å²) in [5.74, 6) is -0.233. The van der Waals surface area contributed by atoms with Crippen molar-refractivity contribution in [2.75, 3.05) is 0 Å². The third-order valence-corrected chi connectivity index (χ3v) is 1.08. The van der Waals surface area contributed by atoms with Crippen LogP contribution >= 0.6 is 0 Å². The lowest BCUT2D eigenvalue weighted by Crippen LogP contribution is -1.96. The second-order valence-electron chi connectivity index (χ2n) is 2.02. The summed E-state index contributed by atoms with van der Waals surface area (Å²) in [5, 5.41) is 5.93. The predicted molar refractivity (Wildman–Crippen MR) is 37.7 cm³/mol. The number of nitrogens with zero attached hydrogens (tertiary/aromatic N) is 1. The van der Waals surface area contributed by atoms with Crippen LogP contribution in [-0.4, -0.2) is 16.0 Å². The minimum absolute atomic E-state index is 0.0296. The Morgan fingerprint density at radius 1 is 2.00 bits per heavy atom. The summed E-state index contributed by atoms with van der Waals surface area (Å²) in [6, 6.07) is 0. The Labute approximate surface area is 60.2 Å². The van der Waals surface area contributed by atoms with E-state index in [4.69, 9.17) is 1.37 Å². The van der Waals surface area contributed by atoms with E-state index in [0.29, 0.717) is 5.57 Å². The zero-order valence-electron chi connectivity index (χ0n) is 6.64. The normalized spacial score (nSPS) is 10.7. The maximum Gasteiger partial charge on any atom is 0.191 e. The molecule has 0 radical (unpaired) electrons. The van der Waals surface area contributed by atoms with Gasteiger partial charge in [0.25, 0.3) is 0 Å². The molecule has 52 valence electrons. The summed E-state index contributed by atoms with van der Waals surface area (Å²) in [6.07, 6.45) is 1.37. The van der Waals surface area contributed by atoms with E-state index in [1.54, 1.807) is 6.92 Å². The van der Waals surface area contributed by atoms with Crippen LogP contribution < -0.4 is 0 Å². The zero-order valence-corrected chi connectivity index (χ0v) is 5.64. The van der Waals surface area contributed by atoms with Crippen LogP contribution in [0.3, 0.4) is 0 Å². The van der Waals surface area contributed by atoms with Crippen LogP contribution in [0.4, 0.5) is 0 Å². The molecule has 0 fully saturated rings. The Balaban J connectivity index is 3.02. The number of Topliss-reactive ketones (excluding diaryl/α,β-unsaturated/α-hetero) is 1. The third kappa shape index (κ3) is 1.13. The molecular weight excluding hydrogens is 128 g/mol. The largest absolute Gasteiger partial charge is 0.289 e. The second-order valence-corrected chi connectivity index (χ2v) is 2.02. The zero-order chi connectivity index (χ0) is 8.43. The molecule has 1 aromatic heterocycles. The minimum Gasteiger partial charge on any atom is -0.289 e. The topological polar surface area (TPSA) is 45.8 Å². The first-order chi connectivity index (χ1) is 5.13. The van der Waals surface area contributed by atoms with Gasteiger partial charge < -0.3 is 0 Å². The third-order valence-electron chi connectivity index (χ3n) is 1.08. The molecule has 0 saturated heterocycles. The van der Waals surface area contributed by atoms with Gasteiger partial charge in [-0.3, -0.25) is 9.89 Å². The van der Waals surface area contributed by atoms with Crippen molar-refractivity contribution in [3.63, 3.8) is 0 Å². The van der Waals surface area contributed by atoms with E-state index >= 15 is 0 Å². The molecule has 0 aliphatic carbocycles. The van der Waals surface area contributed by atoms with Crippen LogP contribution in [0.5, 0.6) is 0 Å². The van der Waals surface area contributed by atoms with Crippen molar-refractivity contribution in [1.29, 1.82) is 0 Å². The number of hydrogen-bond acceptors (Lipinski definition) is 2. The van der Waals surface area contributed by atoms with Gasteiger partial charge in [0.05, 0.1) is 13.1 Å². The molecule has 0 aliphatic heterocycles. The smallest absolute Gasteiger partial charge is 0.191 e. The van der Waals surface area contributed by atoms with Crippen LogP contribution in [0.25, 0.3) is 0 Å². The Kier molecular flexibility index (Phi) is 1.34. The Hall–Kier alpha value is -1.38. The predicted octanol–water partition coefficient (Wildman–Crippen LogP) is 1.17. The highest BCUT2D eigenvalue weighted by atomic mass is 16.1. The van der Waals surface area contributed by atoms with Crippen molar-refractivity contribution in [3.8, 4) is 0 Å². The van der Waals surface area contributed by atoms with Crippen molar-refractivity contribution < 1.29 is 6.17 Å². The molecule has 10 heavy (non-hydrogen) atoms. The molecule has 0 atom stereocenters. The van der Waals surface area contributed by atoms with Gasteiger partial charge in [-0.25, -0.2) is 0 Å². The molecule has 0 saturated carbocycles. The van der Waals surface area contributed by atoms with E-state index in [-0.39, 0.29) is 17.5 Å². The minimum atomic E-state index is -0.233. The Morgan fingerprint density at radius 2 is 2.70 bits per heavy atom.